The van der Waals surface area contributed by atoms with Gasteiger partial charge in [0.05, 0.1) is 0 Å². The molecule has 2 saturated carbocycles. The van der Waals surface area contributed by atoms with E-state index in [9.17, 15) is 0 Å². The standard InChI is InChI=1S/C17H26/c1-3-7-14(8-4-1)16-11-12-17(13-16)15-9-5-2-6-10-15/h11,13-15H,1-10,12H2. The van der Waals surface area contributed by atoms with Crippen molar-refractivity contribution in [1.82, 2.24) is 0 Å². The largest absolute Gasteiger partial charge is 0.0769 e. The zero-order valence-corrected chi connectivity index (χ0v) is 11.1. The summed E-state index contributed by atoms with van der Waals surface area (Å²) in [6, 6.07) is 0. The zero-order valence-electron chi connectivity index (χ0n) is 11.1. The third-order valence-corrected chi connectivity index (χ3v) is 5.13. The van der Waals surface area contributed by atoms with Gasteiger partial charge >= 0.3 is 0 Å². The molecule has 0 aromatic heterocycles. The molecular weight excluding hydrogens is 204 g/mol. The minimum Gasteiger partial charge on any atom is -0.0769 e. The van der Waals surface area contributed by atoms with Crippen LogP contribution in [-0.2, 0) is 0 Å². The maximum Gasteiger partial charge on any atom is -0.0127 e. The highest BCUT2D eigenvalue weighted by Gasteiger charge is 2.23. The molecule has 3 rings (SSSR count). The van der Waals surface area contributed by atoms with Crippen molar-refractivity contribution in [2.45, 2.75) is 70.6 Å². The molecule has 0 bridgehead atoms. The van der Waals surface area contributed by atoms with Crippen molar-refractivity contribution in [3.8, 4) is 0 Å². The highest BCUT2D eigenvalue weighted by Crippen LogP contribution is 2.39. The Bertz CT molecular complexity index is 309. The summed E-state index contributed by atoms with van der Waals surface area (Å²) in [5.41, 5.74) is 3.50. The number of hydrogen-bond donors (Lipinski definition) is 0. The van der Waals surface area contributed by atoms with Crippen LogP contribution < -0.4 is 0 Å². The van der Waals surface area contributed by atoms with Gasteiger partial charge in [-0.1, -0.05) is 56.3 Å². The van der Waals surface area contributed by atoms with Crippen molar-refractivity contribution in [2.75, 3.05) is 0 Å². The van der Waals surface area contributed by atoms with Crippen LogP contribution in [0, 0.1) is 11.8 Å². The summed E-state index contributed by atoms with van der Waals surface area (Å²) in [4.78, 5) is 0. The summed E-state index contributed by atoms with van der Waals surface area (Å²) in [5.74, 6) is 1.87. The van der Waals surface area contributed by atoms with E-state index in [1.165, 1.54) is 70.6 Å². The second-order valence-corrected chi connectivity index (χ2v) is 6.30. The number of hydrogen-bond acceptors (Lipinski definition) is 0. The molecule has 0 nitrogen and oxygen atoms in total. The van der Waals surface area contributed by atoms with Crippen LogP contribution in [0.25, 0.3) is 0 Å². The monoisotopic (exact) mass is 230 g/mol. The molecule has 0 aliphatic heterocycles. The van der Waals surface area contributed by atoms with Gasteiger partial charge in [0.15, 0.2) is 0 Å². The van der Waals surface area contributed by atoms with Crippen LogP contribution in [0.5, 0.6) is 0 Å². The van der Waals surface area contributed by atoms with Gasteiger partial charge in [-0.3, -0.25) is 0 Å². The summed E-state index contributed by atoms with van der Waals surface area (Å²) < 4.78 is 0. The molecule has 2 fully saturated rings. The highest BCUT2D eigenvalue weighted by atomic mass is 14.3. The molecule has 0 aromatic rings. The molecule has 0 amide bonds. The Morgan fingerprint density at radius 2 is 1.29 bits per heavy atom. The van der Waals surface area contributed by atoms with Gasteiger partial charge in [0, 0.05) is 0 Å². The van der Waals surface area contributed by atoms with Crippen molar-refractivity contribution in [2.24, 2.45) is 11.8 Å². The first-order valence-electron chi connectivity index (χ1n) is 7.84. The summed E-state index contributed by atoms with van der Waals surface area (Å²) in [5, 5.41) is 0. The van der Waals surface area contributed by atoms with E-state index in [1.54, 1.807) is 11.1 Å². The van der Waals surface area contributed by atoms with Crippen LogP contribution in [-0.4, -0.2) is 0 Å². The van der Waals surface area contributed by atoms with Crippen molar-refractivity contribution < 1.29 is 0 Å². The minimum atomic E-state index is 0.921. The van der Waals surface area contributed by atoms with E-state index < -0.39 is 0 Å². The molecule has 3 aliphatic rings. The molecule has 0 unspecified atom stereocenters. The van der Waals surface area contributed by atoms with E-state index in [2.05, 4.69) is 12.2 Å². The average molecular weight is 230 g/mol. The lowest BCUT2D eigenvalue weighted by Crippen LogP contribution is -2.09. The molecule has 0 saturated heterocycles. The Labute approximate surface area is 106 Å². The Morgan fingerprint density at radius 1 is 0.706 bits per heavy atom. The lowest BCUT2D eigenvalue weighted by Gasteiger charge is -2.24. The van der Waals surface area contributed by atoms with Gasteiger partial charge in [-0.2, -0.15) is 0 Å². The molecule has 0 aromatic carbocycles. The topological polar surface area (TPSA) is 0 Å². The van der Waals surface area contributed by atoms with Crippen LogP contribution in [0.15, 0.2) is 23.3 Å². The lowest BCUT2D eigenvalue weighted by molar-refractivity contribution is 0.398. The fraction of sp³-hybridized carbons (Fsp3) is 0.765. The normalized spacial score (nSPS) is 28.0. The average Bonchev–Trinajstić information content (AvgIpc) is 2.90. The first-order valence-corrected chi connectivity index (χ1v) is 7.84. The van der Waals surface area contributed by atoms with E-state index in [4.69, 9.17) is 0 Å². The SMILES string of the molecule is C1=C(C2CCCCC2)C=C(C2CCCCC2)C1. The quantitative estimate of drug-likeness (QED) is 0.595. The van der Waals surface area contributed by atoms with E-state index in [0.29, 0.717) is 0 Å². The summed E-state index contributed by atoms with van der Waals surface area (Å²) >= 11 is 0. The Kier molecular flexibility index (Phi) is 3.68. The minimum absolute atomic E-state index is 0.921. The van der Waals surface area contributed by atoms with Crippen molar-refractivity contribution in [3.05, 3.63) is 23.3 Å². The van der Waals surface area contributed by atoms with Crippen LogP contribution in [0.1, 0.15) is 70.6 Å². The van der Waals surface area contributed by atoms with Gasteiger partial charge in [-0.05, 0) is 49.5 Å². The van der Waals surface area contributed by atoms with Gasteiger partial charge in [-0.15, -0.1) is 0 Å². The van der Waals surface area contributed by atoms with Gasteiger partial charge in [-0.25, -0.2) is 0 Å². The fourth-order valence-corrected chi connectivity index (χ4v) is 4.05. The molecule has 0 atom stereocenters. The first kappa shape index (κ1) is 11.6. The van der Waals surface area contributed by atoms with Gasteiger partial charge in [0.1, 0.15) is 0 Å². The molecule has 0 N–H and O–H groups in total. The van der Waals surface area contributed by atoms with Crippen LogP contribution in [0.4, 0.5) is 0 Å². The zero-order chi connectivity index (χ0) is 11.5. The summed E-state index contributed by atoms with van der Waals surface area (Å²) in [7, 11) is 0. The maximum absolute atomic E-state index is 2.60. The Balaban J connectivity index is 1.62. The van der Waals surface area contributed by atoms with Gasteiger partial charge in [0.25, 0.3) is 0 Å². The Hall–Kier alpha value is -0.520. The fourth-order valence-electron chi connectivity index (χ4n) is 4.05. The maximum atomic E-state index is 2.60. The van der Waals surface area contributed by atoms with E-state index >= 15 is 0 Å². The van der Waals surface area contributed by atoms with E-state index in [-0.39, 0.29) is 0 Å². The molecule has 17 heavy (non-hydrogen) atoms. The second-order valence-electron chi connectivity index (χ2n) is 6.30. The smallest absolute Gasteiger partial charge is 0.0127 e. The molecule has 0 radical (unpaired) electrons. The van der Waals surface area contributed by atoms with E-state index in [0.717, 1.165) is 11.8 Å². The van der Waals surface area contributed by atoms with Crippen molar-refractivity contribution >= 4 is 0 Å². The van der Waals surface area contributed by atoms with Gasteiger partial charge < -0.3 is 0 Å². The Morgan fingerprint density at radius 3 is 1.94 bits per heavy atom. The number of rotatable bonds is 2. The first-order chi connectivity index (χ1) is 8.43. The molecule has 0 heteroatoms. The van der Waals surface area contributed by atoms with Crippen molar-refractivity contribution in [3.63, 3.8) is 0 Å². The highest BCUT2D eigenvalue weighted by molar-refractivity contribution is 5.36. The third-order valence-electron chi connectivity index (χ3n) is 5.13. The molecule has 0 spiro atoms. The second kappa shape index (κ2) is 5.42. The number of allylic oxidation sites excluding steroid dienone is 4. The lowest BCUT2D eigenvalue weighted by atomic mass is 9.82. The van der Waals surface area contributed by atoms with Gasteiger partial charge in [0.2, 0.25) is 0 Å². The predicted octanol–water partition coefficient (Wildman–Crippen LogP) is 5.40. The molecule has 0 heterocycles. The third kappa shape index (κ3) is 2.67. The van der Waals surface area contributed by atoms with E-state index in [1.807, 2.05) is 0 Å². The van der Waals surface area contributed by atoms with Crippen molar-refractivity contribution in [1.29, 1.82) is 0 Å². The molecular formula is C17H26. The predicted molar refractivity (Wildman–Crippen MR) is 73.9 cm³/mol. The summed E-state index contributed by atoms with van der Waals surface area (Å²) in [6.45, 7) is 0. The van der Waals surface area contributed by atoms with Crippen LogP contribution >= 0.6 is 0 Å². The van der Waals surface area contributed by atoms with Crippen LogP contribution in [0.3, 0.4) is 0 Å². The molecule has 94 valence electrons. The van der Waals surface area contributed by atoms with Crippen LogP contribution in [0.2, 0.25) is 0 Å². The summed E-state index contributed by atoms with van der Waals surface area (Å²) in [6.07, 6.45) is 21.1. The molecule has 3 aliphatic carbocycles.